The lowest BCUT2D eigenvalue weighted by Gasteiger charge is -2.18. The van der Waals surface area contributed by atoms with Gasteiger partial charge in [-0.2, -0.15) is 0 Å². The van der Waals surface area contributed by atoms with E-state index in [4.69, 9.17) is 0 Å². The molecule has 0 radical (unpaired) electrons. The Morgan fingerprint density at radius 1 is 1.41 bits per heavy atom. The van der Waals surface area contributed by atoms with Gasteiger partial charge < -0.3 is 15.7 Å². The summed E-state index contributed by atoms with van der Waals surface area (Å²) in [6.07, 6.45) is 3.57. The molecule has 1 saturated heterocycles. The third kappa shape index (κ3) is 2.97. The van der Waals surface area contributed by atoms with Crippen molar-refractivity contribution < 1.29 is 14.7 Å². The van der Waals surface area contributed by atoms with Crippen molar-refractivity contribution in [1.29, 1.82) is 0 Å². The molecule has 17 heavy (non-hydrogen) atoms. The molecular formula is C12H20N2O3. The predicted molar refractivity (Wildman–Crippen MR) is 62.0 cm³/mol. The summed E-state index contributed by atoms with van der Waals surface area (Å²) in [7, 11) is 0. The highest BCUT2D eigenvalue weighted by Gasteiger charge is 2.30. The van der Waals surface area contributed by atoms with Crippen LogP contribution >= 0.6 is 0 Å². The predicted octanol–water partition coefficient (Wildman–Crippen LogP) is -0.353. The van der Waals surface area contributed by atoms with E-state index >= 15 is 0 Å². The molecule has 0 aromatic carbocycles. The number of carbonyl (C=O) groups is 2. The third-order valence-electron chi connectivity index (χ3n) is 3.94. The number of aliphatic hydroxyl groups is 1. The van der Waals surface area contributed by atoms with Gasteiger partial charge in [0.2, 0.25) is 11.8 Å². The van der Waals surface area contributed by atoms with E-state index < -0.39 is 0 Å². The Balaban J connectivity index is 1.74. The molecule has 2 rings (SSSR count). The number of nitrogens with one attached hydrogen (secondary N) is 2. The SMILES string of the molecule is O=C1CC(C(=O)NCC2CCCC2CO)CN1. The first kappa shape index (κ1) is 12.4. The lowest BCUT2D eigenvalue weighted by Crippen LogP contribution is -2.36. The van der Waals surface area contributed by atoms with Gasteiger partial charge in [0.05, 0.1) is 5.92 Å². The molecule has 3 N–H and O–H groups in total. The fourth-order valence-corrected chi connectivity index (χ4v) is 2.79. The lowest BCUT2D eigenvalue weighted by atomic mass is 9.96. The van der Waals surface area contributed by atoms with E-state index in [9.17, 15) is 14.7 Å². The van der Waals surface area contributed by atoms with E-state index in [0.717, 1.165) is 19.3 Å². The van der Waals surface area contributed by atoms with Gasteiger partial charge in [0.15, 0.2) is 0 Å². The quantitative estimate of drug-likeness (QED) is 0.628. The summed E-state index contributed by atoms with van der Waals surface area (Å²) in [5.74, 6) is 0.440. The second-order valence-electron chi connectivity index (χ2n) is 5.08. The van der Waals surface area contributed by atoms with E-state index in [2.05, 4.69) is 10.6 Å². The van der Waals surface area contributed by atoms with Crippen LogP contribution in [0.4, 0.5) is 0 Å². The minimum absolute atomic E-state index is 0.0352. The number of hydrogen-bond donors (Lipinski definition) is 3. The Morgan fingerprint density at radius 2 is 2.18 bits per heavy atom. The molecule has 1 aliphatic carbocycles. The molecule has 3 atom stereocenters. The molecule has 5 heteroatoms. The summed E-state index contributed by atoms with van der Waals surface area (Å²) in [5.41, 5.74) is 0. The maximum Gasteiger partial charge on any atom is 0.225 e. The third-order valence-corrected chi connectivity index (χ3v) is 3.94. The molecule has 1 aliphatic heterocycles. The highest BCUT2D eigenvalue weighted by molar-refractivity contribution is 5.89. The number of amides is 2. The summed E-state index contributed by atoms with van der Waals surface area (Å²) in [4.78, 5) is 22.8. The Labute approximate surface area is 101 Å². The fraction of sp³-hybridized carbons (Fsp3) is 0.833. The average molecular weight is 240 g/mol. The van der Waals surface area contributed by atoms with Crippen LogP contribution in [0, 0.1) is 17.8 Å². The van der Waals surface area contributed by atoms with Crippen molar-refractivity contribution in [3.8, 4) is 0 Å². The Hall–Kier alpha value is -1.10. The lowest BCUT2D eigenvalue weighted by molar-refractivity contribution is -0.126. The van der Waals surface area contributed by atoms with Crippen LogP contribution in [0.2, 0.25) is 0 Å². The second kappa shape index (κ2) is 5.49. The highest BCUT2D eigenvalue weighted by Crippen LogP contribution is 2.30. The minimum atomic E-state index is -0.212. The fourth-order valence-electron chi connectivity index (χ4n) is 2.79. The number of rotatable bonds is 4. The average Bonchev–Trinajstić information content (AvgIpc) is 2.94. The maximum absolute atomic E-state index is 11.8. The van der Waals surface area contributed by atoms with Gasteiger partial charge in [-0.15, -0.1) is 0 Å². The molecule has 5 nitrogen and oxygen atoms in total. The van der Waals surface area contributed by atoms with Crippen molar-refractivity contribution in [3.63, 3.8) is 0 Å². The first-order valence-electron chi connectivity index (χ1n) is 6.36. The largest absolute Gasteiger partial charge is 0.396 e. The number of aliphatic hydroxyl groups excluding tert-OH is 1. The molecule has 0 bridgehead atoms. The normalized spacial score (nSPS) is 32.5. The van der Waals surface area contributed by atoms with Crippen LogP contribution in [0.3, 0.4) is 0 Å². The van der Waals surface area contributed by atoms with Crippen molar-refractivity contribution in [2.45, 2.75) is 25.7 Å². The van der Waals surface area contributed by atoms with E-state index in [-0.39, 0.29) is 24.3 Å². The Bertz CT molecular complexity index is 306. The second-order valence-corrected chi connectivity index (χ2v) is 5.08. The van der Waals surface area contributed by atoms with E-state index in [0.29, 0.717) is 31.3 Å². The molecule has 1 heterocycles. The number of hydrogen-bond acceptors (Lipinski definition) is 3. The summed E-state index contributed by atoms with van der Waals surface area (Å²) >= 11 is 0. The zero-order valence-corrected chi connectivity index (χ0v) is 9.95. The van der Waals surface area contributed by atoms with Gasteiger partial charge in [0.25, 0.3) is 0 Å². The smallest absolute Gasteiger partial charge is 0.225 e. The van der Waals surface area contributed by atoms with Crippen LogP contribution in [-0.4, -0.2) is 36.6 Å². The summed E-state index contributed by atoms with van der Waals surface area (Å²) in [5, 5.41) is 14.7. The van der Waals surface area contributed by atoms with Crippen LogP contribution in [0.5, 0.6) is 0 Å². The van der Waals surface area contributed by atoms with Crippen molar-refractivity contribution in [2.24, 2.45) is 17.8 Å². The molecule has 0 aromatic rings. The van der Waals surface area contributed by atoms with Crippen molar-refractivity contribution >= 4 is 11.8 Å². The van der Waals surface area contributed by atoms with Gasteiger partial charge in [0, 0.05) is 26.1 Å². The molecule has 96 valence electrons. The topological polar surface area (TPSA) is 78.4 Å². The molecule has 3 unspecified atom stereocenters. The van der Waals surface area contributed by atoms with Gasteiger partial charge in [-0.1, -0.05) is 6.42 Å². The van der Waals surface area contributed by atoms with Crippen LogP contribution in [0.25, 0.3) is 0 Å². The summed E-state index contributed by atoms with van der Waals surface area (Å²) in [6.45, 7) is 1.30. The van der Waals surface area contributed by atoms with E-state index in [1.807, 2.05) is 0 Å². The zero-order valence-electron chi connectivity index (χ0n) is 9.95. The number of carbonyl (C=O) groups excluding carboxylic acids is 2. The van der Waals surface area contributed by atoms with Crippen LogP contribution in [-0.2, 0) is 9.59 Å². The van der Waals surface area contributed by atoms with Crippen LogP contribution < -0.4 is 10.6 Å². The van der Waals surface area contributed by atoms with Gasteiger partial charge in [-0.25, -0.2) is 0 Å². The van der Waals surface area contributed by atoms with Gasteiger partial charge in [-0.3, -0.25) is 9.59 Å². The van der Waals surface area contributed by atoms with Crippen LogP contribution in [0.1, 0.15) is 25.7 Å². The Morgan fingerprint density at radius 3 is 2.82 bits per heavy atom. The van der Waals surface area contributed by atoms with Crippen molar-refractivity contribution in [3.05, 3.63) is 0 Å². The van der Waals surface area contributed by atoms with E-state index in [1.54, 1.807) is 0 Å². The van der Waals surface area contributed by atoms with E-state index in [1.165, 1.54) is 0 Å². The first-order chi connectivity index (χ1) is 8.20. The van der Waals surface area contributed by atoms with Crippen LogP contribution in [0.15, 0.2) is 0 Å². The van der Waals surface area contributed by atoms with Crippen molar-refractivity contribution in [1.82, 2.24) is 10.6 Å². The maximum atomic E-state index is 11.8. The first-order valence-corrected chi connectivity index (χ1v) is 6.36. The molecule has 2 amide bonds. The molecule has 1 saturated carbocycles. The molecular weight excluding hydrogens is 220 g/mol. The van der Waals surface area contributed by atoms with Gasteiger partial charge in [-0.05, 0) is 24.7 Å². The summed E-state index contributed by atoms with van der Waals surface area (Å²) < 4.78 is 0. The van der Waals surface area contributed by atoms with Gasteiger partial charge >= 0.3 is 0 Å². The minimum Gasteiger partial charge on any atom is -0.396 e. The molecule has 2 aliphatic rings. The van der Waals surface area contributed by atoms with Gasteiger partial charge in [0.1, 0.15) is 0 Å². The molecule has 0 spiro atoms. The Kier molecular flexibility index (Phi) is 3.99. The van der Waals surface area contributed by atoms with Crippen molar-refractivity contribution in [2.75, 3.05) is 19.7 Å². The summed E-state index contributed by atoms with van der Waals surface area (Å²) in [6, 6.07) is 0. The zero-order chi connectivity index (χ0) is 12.3. The monoisotopic (exact) mass is 240 g/mol. The highest BCUT2D eigenvalue weighted by atomic mass is 16.3. The molecule has 2 fully saturated rings. The molecule has 0 aromatic heterocycles. The standard InChI is InChI=1S/C12H20N2O3/c15-7-9-3-1-2-8(9)5-14-12(17)10-4-11(16)13-6-10/h8-10,15H,1-7H2,(H,13,16)(H,14,17).